The molecule has 0 saturated heterocycles. The highest BCUT2D eigenvalue weighted by molar-refractivity contribution is 9.11. The number of ether oxygens (including phenoxy) is 1. The third-order valence-corrected chi connectivity index (χ3v) is 3.90. The molecule has 0 spiro atoms. The number of carbonyl (C=O) groups is 1. The molecule has 15 heavy (non-hydrogen) atoms. The number of esters is 1. The molecule has 0 radical (unpaired) electrons. The highest BCUT2D eigenvalue weighted by atomic mass is 79.9. The van der Waals surface area contributed by atoms with Crippen LogP contribution in [0.5, 0.6) is 0 Å². The SMILES string of the molecule is COC(=O)CSC(Br)Cc1ccccc1. The largest absolute Gasteiger partial charge is 0.468 e. The Kier molecular flexibility index (Phi) is 5.79. The van der Waals surface area contributed by atoms with E-state index in [1.54, 1.807) is 11.8 Å². The van der Waals surface area contributed by atoms with E-state index in [1.807, 2.05) is 18.2 Å². The molecule has 0 fully saturated rings. The fourth-order valence-electron chi connectivity index (χ4n) is 1.08. The average molecular weight is 289 g/mol. The number of methoxy groups -OCH3 is 1. The van der Waals surface area contributed by atoms with Crippen molar-refractivity contribution < 1.29 is 9.53 Å². The number of hydrogen-bond donors (Lipinski definition) is 0. The Balaban J connectivity index is 2.30. The number of halogens is 1. The van der Waals surface area contributed by atoms with E-state index in [0.717, 1.165) is 6.42 Å². The fourth-order valence-corrected chi connectivity index (χ4v) is 2.59. The van der Waals surface area contributed by atoms with Crippen LogP contribution < -0.4 is 0 Å². The van der Waals surface area contributed by atoms with Crippen LogP contribution in [0.25, 0.3) is 0 Å². The normalized spacial score (nSPS) is 12.1. The molecular formula is C11H13BrO2S. The van der Waals surface area contributed by atoms with Gasteiger partial charge in [-0.05, 0) is 12.0 Å². The maximum Gasteiger partial charge on any atom is 0.315 e. The maximum atomic E-state index is 10.9. The quantitative estimate of drug-likeness (QED) is 0.616. The van der Waals surface area contributed by atoms with E-state index < -0.39 is 0 Å². The molecule has 2 nitrogen and oxygen atoms in total. The second-order valence-electron chi connectivity index (χ2n) is 2.99. The van der Waals surface area contributed by atoms with Gasteiger partial charge in [0.15, 0.2) is 0 Å². The molecule has 1 rings (SSSR count). The molecule has 0 saturated carbocycles. The van der Waals surface area contributed by atoms with Gasteiger partial charge in [0, 0.05) is 0 Å². The lowest BCUT2D eigenvalue weighted by Crippen LogP contribution is -2.07. The van der Waals surface area contributed by atoms with Gasteiger partial charge >= 0.3 is 5.97 Å². The monoisotopic (exact) mass is 288 g/mol. The van der Waals surface area contributed by atoms with Gasteiger partial charge < -0.3 is 4.74 Å². The van der Waals surface area contributed by atoms with Crippen molar-refractivity contribution >= 4 is 33.7 Å². The molecule has 0 heterocycles. The first-order valence-electron chi connectivity index (χ1n) is 4.59. The first-order valence-corrected chi connectivity index (χ1v) is 6.55. The Morgan fingerprint density at radius 2 is 2.13 bits per heavy atom. The van der Waals surface area contributed by atoms with Crippen LogP contribution >= 0.6 is 27.7 Å². The lowest BCUT2D eigenvalue weighted by atomic mass is 10.2. The van der Waals surface area contributed by atoms with E-state index in [4.69, 9.17) is 0 Å². The highest BCUT2D eigenvalue weighted by Gasteiger charge is 2.08. The van der Waals surface area contributed by atoms with Crippen LogP contribution in [-0.4, -0.2) is 23.0 Å². The van der Waals surface area contributed by atoms with Crippen LogP contribution in [0.1, 0.15) is 5.56 Å². The predicted octanol–water partition coefficient (Wildman–Crippen LogP) is 2.86. The number of alkyl halides is 1. The summed E-state index contributed by atoms with van der Waals surface area (Å²) in [7, 11) is 1.41. The molecule has 0 bridgehead atoms. The molecular weight excluding hydrogens is 276 g/mol. The van der Waals surface area contributed by atoms with E-state index in [2.05, 4.69) is 32.8 Å². The Morgan fingerprint density at radius 3 is 2.73 bits per heavy atom. The molecule has 0 aliphatic heterocycles. The van der Waals surface area contributed by atoms with Crippen LogP contribution in [0.15, 0.2) is 30.3 Å². The van der Waals surface area contributed by atoms with Gasteiger partial charge in [-0.1, -0.05) is 46.3 Å². The third kappa shape index (κ3) is 5.23. The van der Waals surface area contributed by atoms with Gasteiger partial charge in [0.05, 0.1) is 17.0 Å². The van der Waals surface area contributed by atoms with Crippen molar-refractivity contribution in [2.24, 2.45) is 0 Å². The molecule has 4 heteroatoms. The van der Waals surface area contributed by atoms with E-state index >= 15 is 0 Å². The first-order chi connectivity index (χ1) is 7.22. The van der Waals surface area contributed by atoms with Gasteiger partial charge in [0.1, 0.15) is 0 Å². The zero-order valence-electron chi connectivity index (χ0n) is 8.48. The summed E-state index contributed by atoms with van der Waals surface area (Å²) in [6, 6.07) is 10.2. The van der Waals surface area contributed by atoms with Gasteiger partial charge in [-0.25, -0.2) is 0 Å². The van der Waals surface area contributed by atoms with Crippen molar-refractivity contribution in [3.63, 3.8) is 0 Å². The minimum Gasteiger partial charge on any atom is -0.468 e. The Bertz CT molecular complexity index is 303. The van der Waals surface area contributed by atoms with E-state index in [0.29, 0.717) is 5.75 Å². The van der Waals surface area contributed by atoms with Gasteiger partial charge in [0.25, 0.3) is 0 Å². The van der Waals surface area contributed by atoms with Crippen molar-refractivity contribution in [3.05, 3.63) is 35.9 Å². The average Bonchev–Trinajstić information content (AvgIpc) is 2.27. The Hall–Kier alpha value is -0.480. The van der Waals surface area contributed by atoms with Crippen LogP contribution in [0.2, 0.25) is 0 Å². The predicted molar refractivity (Wildman–Crippen MR) is 67.3 cm³/mol. The lowest BCUT2D eigenvalue weighted by Gasteiger charge is -2.08. The van der Waals surface area contributed by atoms with Gasteiger partial charge in [-0.2, -0.15) is 0 Å². The van der Waals surface area contributed by atoms with Gasteiger partial charge in [0.2, 0.25) is 0 Å². The first kappa shape index (κ1) is 12.6. The van der Waals surface area contributed by atoms with E-state index in [9.17, 15) is 4.79 Å². The minimum atomic E-state index is -0.183. The molecule has 1 unspecified atom stereocenters. The Morgan fingerprint density at radius 1 is 1.47 bits per heavy atom. The van der Waals surface area contributed by atoms with Crippen molar-refractivity contribution in [1.29, 1.82) is 0 Å². The summed E-state index contributed by atoms with van der Waals surface area (Å²) in [6.07, 6.45) is 0.905. The number of thioether (sulfide) groups is 1. The van der Waals surface area contributed by atoms with Crippen LogP contribution in [-0.2, 0) is 16.0 Å². The number of carbonyl (C=O) groups excluding carboxylic acids is 1. The highest BCUT2D eigenvalue weighted by Crippen LogP contribution is 2.21. The molecule has 82 valence electrons. The fraction of sp³-hybridized carbons (Fsp3) is 0.364. The Labute approximate surface area is 103 Å². The molecule has 1 aromatic carbocycles. The topological polar surface area (TPSA) is 26.3 Å². The van der Waals surface area contributed by atoms with Crippen molar-refractivity contribution in [2.45, 2.75) is 10.6 Å². The lowest BCUT2D eigenvalue weighted by molar-refractivity contribution is -0.137. The van der Waals surface area contributed by atoms with Crippen molar-refractivity contribution in [3.8, 4) is 0 Å². The summed E-state index contributed by atoms with van der Waals surface area (Å²) in [6.45, 7) is 0. The summed E-state index contributed by atoms with van der Waals surface area (Å²) < 4.78 is 4.82. The van der Waals surface area contributed by atoms with Crippen LogP contribution in [0.3, 0.4) is 0 Å². The second kappa shape index (κ2) is 6.90. The van der Waals surface area contributed by atoms with Crippen molar-refractivity contribution in [1.82, 2.24) is 0 Å². The number of benzene rings is 1. The molecule has 0 aliphatic carbocycles. The van der Waals surface area contributed by atoms with E-state index in [1.165, 1.54) is 12.7 Å². The van der Waals surface area contributed by atoms with Crippen LogP contribution in [0.4, 0.5) is 0 Å². The zero-order chi connectivity index (χ0) is 11.1. The molecule has 0 amide bonds. The van der Waals surface area contributed by atoms with Crippen molar-refractivity contribution in [2.75, 3.05) is 12.9 Å². The third-order valence-electron chi connectivity index (χ3n) is 1.85. The smallest absolute Gasteiger partial charge is 0.315 e. The standard InChI is InChI=1S/C11H13BrO2S/c1-14-11(13)8-15-10(12)7-9-5-3-2-4-6-9/h2-6,10H,7-8H2,1H3. The zero-order valence-corrected chi connectivity index (χ0v) is 10.9. The molecule has 1 atom stereocenters. The summed E-state index contributed by atoms with van der Waals surface area (Å²) in [5, 5.41) is 0. The van der Waals surface area contributed by atoms with Gasteiger partial charge in [-0.15, -0.1) is 11.8 Å². The molecule has 0 aromatic heterocycles. The molecule has 1 aromatic rings. The number of hydrogen-bond acceptors (Lipinski definition) is 3. The molecule has 0 N–H and O–H groups in total. The van der Waals surface area contributed by atoms with E-state index in [-0.39, 0.29) is 10.1 Å². The maximum absolute atomic E-state index is 10.9. The minimum absolute atomic E-state index is 0.183. The second-order valence-corrected chi connectivity index (χ2v) is 5.89. The van der Waals surface area contributed by atoms with Crippen LogP contribution in [0, 0.1) is 0 Å². The summed E-state index contributed by atoms with van der Waals surface area (Å²) >= 11 is 5.07. The summed E-state index contributed by atoms with van der Waals surface area (Å²) in [5.41, 5.74) is 1.26. The number of rotatable bonds is 5. The summed E-state index contributed by atoms with van der Waals surface area (Å²) in [4.78, 5) is 10.9. The van der Waals surface area contributed by atoms with Gasteiger partial charge in [-0.3, -0.25) is 4.79 Å². The molecule has 0 aliphatic rings. The summed E-state index contributed by atoms with van der Waals surface area (Å²) in [5.74, 6) is 0.205.